The van der Waals surface area contributed by atoms with E-state index in [1.807, 2.05) is 24.3 Å². The van der Waals surface area contributed by atoms with E-state index in [0.29, 0.717) is 20.1 Å². The lowest BCUT2D eigenvalue weighted by atomic mass is 10.2. The SMILES string of the molecule is S=C(SCc1ccc(Cl)c(Cl)c1)SCc1ccc(Cl)c(Cl)c1. The molecule has 116 valence electrons. The van der Waals surface area contributed by atoms with E-state index in [1.165, 1.54) is 0 Å². The molecule has 0 bridgehead atoms. The van der Waals surface area contributed by atoms with Crippen molar-refractivity contribution in [3.8, 4) is 0 Å². The van der Waals surface area contributed by atoms with Gasteiger partial charge in [-0.1, -0.05) is 70.8 Å². The summed E-state index contributed by atoms with van der Waals surface area (Å²) in [5.74, 6) is 1.54. The van der Waals surface area contributed by atoms with E-state index in [2.05, 4.69) is 0 Å². The van der Waals surface area contributed by atoms with Gasteiger partial charge in [-0.15, -0.1) is 23.5 Å². The molecule has 0 heterocycles. The lowest BCUT2D eigenvalue weighted by Gasteiger charge is -2.06. The van der Waals surface area contributed by atoms with Gasteiger partial charge in [-0.2, -0.15) is 0 Å². The minimum Gasteiger partial charge on any atom is -0.103 e. The highest BCUT2D eigenvalue weighted by molar-refractivity contribution is 8.46. The Morgan fingerprint density at radius 2 is 1.14 bits per heavy atom. The summed E-state index contributed by atoms with van der Waals surface area (Å²) in [7, 11) is 0. The summed E-state index contributed by atoms with van der Waals surface area (Å²) in [6, 6.07) is 11.2. The van der Waals surface area contributed by atoms with Crippen LogP contribution in [0, 0.1) is 0 Å². The minimum atomic E-state index is 0.562. The van der Waals surface area contributed by atoms with Gasteiger partial charge in [0, 0.05) is 11.5 Å². The summed E-state index contributed by atoms with van der Waals surface area (Å²) >= 11 is 32.4. The van der Waals surface area contributed by atoms with E-state index < -0.39 is 0 Å². The highest BCUT2D eigenvalue weighted by Crippen LogP contribution is 2.29. The average Bonchev–Trinajstić information content (AvgIpc) is 2.49. The van der Waals surface area contributed by atoms with Crippen LogP contribution in [0.2, 0.25) is 20.1 Å². The van der Waals surface area contributed by atoms with Gasteiger partial charge < -0.3 is 0 Å². The van der Waals surface area contributed by atoms with Crippen molar-refractivity contribution in [2.45, 2.75) is 11.5 Å². The summed E-state index contributed by atoms with van der Waals surface area (Å²) < 4.78 is 0.872. The number of halogens is 4. The fourth-order valence-electron chi connectivity index (χ4n) is 1.59. The van der Waals surface area contributed by atoms with Gasteiger partial charge in [0.25, 0.3) is 0 Å². The Hall–Kier alpha value is 0.390. The molecule has 2 aromatic carbocycles. The smallest absolute Gasteiger partial charge is 0.103 e. The molecule has 0 aliphatic carbocycles. The summed E-state index contributed by atoms with van der Waals surface area (Å²) in [6.07, 6.45) is 0. The summed E-state index contributed by atoms with van der Waals surface area (Å²) in [5.41, 5.74) is 2.19. The van der Waals surface area contributed by atoms with Crippen molar-refractivity contribution in [2.75, 3.05) is 0 Å². The monoisotopic (exact) mass is 426 g/mol. The average molecular weight is 428 g/mol. The second-order valence-electron chi connectivity index (χ2n) is 4.32. The third-order valence-corrected chi connectivity index (χ3v) is 7.00. The highest BCUT2D eigenvalue weighted by Gasteiger charge is 2.05. The second-order valence-corrected chi connectivity index (χ2v) is 9.11. The zero-order valence-electron chi connectivity index (χ0n) is 11.1. The topological polar surface area (TPSA) is 0 Å². The molecule has 2 aromatic rings. The van der Waals surface area contributed by atoms with E-state index >= 15 is 0 Å². The van der Waals surface area contributed by atoms with Crippen LogP contribution in [0.25, 0.3) is 0 Å². The first-order valence-corrected chi connectivity index (χ1v) is 10.0. The fraction of sp³-hybridized carbons (Fsp3) is 0.133. The molecule has 0 aliphatic heterocycles. The van der Waals surface area contributed by atoms with Crippen molar-refractivity contribution >= 4 is 85.7 Å². The first-order chi connectivity index (χ1) is 10.5. The maximum absolute atomic E-state index is 6.00. The lowest BCUT2D eigenvalue weighted by Crippen LogP contribution is -1.88. The predicted octanol–water partition coefficient (Wildman–Crippen LogP) is 7.75. The molecule has 7 heteroatoms. The molecule has 0 atom stereocenters. The molecule has 0 nitrogen and oxygen atoms in total. The maximum Gasteiger partial charge on any atom is 0.104 e. The van der Waals surface area contributed by atoms with E-state index in [0.717, 1.165) is 26.2 Å². The number of thioether (sulfide) groups is 2. The lowest BCUT2D eigenvalue weighted by molar-refractivity contribution is 1.42. The van der Waals surface area contributed by atoms with Crippen LogP contribution < -0.4 is 0 Å². The van der Waals surface area contributed by atoms with Crippen LogP contribution in [0.15, 0.2) is 36.4 Å². The molecule has 0 radical (unpaired) electrons. The molecule has 22 heavy (non-hydrogen) atoms. The van der Waals surface area contributed by atoms with Gasteiger partial charge in [-0.25, -0.2) is 0 Å². The van der Waals surface area contributed by atoms with E-state index in [-0.39, 0.29) is 0 Å². The van der Waals surface area contributed by atoms with Gasteiger partial charge >= 0.3 is 0 Å². The first kappa shape index (κ1) is 18.7. The molecule has 2 rings (SSSR count). The zero-order chi connectivity index (χ0) is 16.1. The van der Waals surface area contributed by atoms with Gasteiger partial charge in [0.2, 0.25) is 0 Å². The molecule has 0 unspecified atom stereocenters. The molecule has 0 fully saturated rings. The Balaban J connectivity index is 1.82. The van der Waals surface area contributed by atoms with Crippen LogP contribution in [0.4, 0.5) is 0 Å². The van der Waals surface area contributed by atoms with Crippen LogP contribution in [-0.2, 0) is 11.5 Å². The number of hydrogen-bond donors (Lipinski definition) is 0. The first-order valence-electron chi connectivity index (χ1n) is 6.13. The molecule has 0 N–H and O–H groups in total. The predicted molar refractivity (Wildman–Crippen MR) is 108 cm³/mol. The van der Waals surface area contributed by atoms with Crippen molar-refractivity contribution in [1.82, 2.24) is 0 Å². The van der Waals surface area contributed by atoms with Crippen molar-refractivity contribution in [2.24, 2.45) is 0 Å². The number of rotatable bonds is 4. The minimum absolute atomic E-state index is 0.562. The molecule has 0 spiro atoms. The number of hydrogen-bond acceptors (Lipinski definition) is 3. The number of thiocarbonyl (C=S) groups is 1. The van der Waals surface area contributed by atoms with Gasteiger partial charge in [-0.3, -0.25) is 0 Å². The van der Waals surface area contributed by atoms with Crippen LogP contribution in [0.1, 0.15) is 11.1 Å². The Bertz CT molecular complexity index is 631. The molecule has 0 saturated carbocycles. The van der Waals surface area contributed by atoms with Gasteiger partial charge in [0.1, 0.15) is 3.53 Å². The molecule has 0 amide bonds. The third-order valence-electron chi connectivity index (χ3n) is 2.68. The van der Waals surface area contributed by atoms with E-state index in [1.54, 1.807) is 35.7 Å². The molecule has 0 aromatic heterocycles. The largest absolute Gasteiger partial charge is 0.104 e. The molecular weight excluding hydrogens is 418 g/mol. The quantitative estimate of drug-likeness (QED) is 0.457. The van der Waals surface area contributed by atoms with E-state index in [9.17, 15) is 0 Å². The highest BCUT2D eigenvalue weighted by atomic mass is 35.5. The third kappa shape index (κ3) is 5.79. The Morgan fingerprint density at radius 1 is 0.727 bits per heavy atom. The summed E-state index contributed by atoms with van der Waals surface area (Å²) in [6.45, 7) is 0. The molecular formula is C15H10Cl4S3. The van der Waals surface area contributed by atoms with Crippen LogP contribution in [-0.4, -0.2) is 3.53 Å². The van der Waals surface area contributed by atoms with Crippen LogP contribution in [0.5, 0.6) is 0 Å². The van der Waals surface area contributed by atoms with Crippen LogP contribution in [0.3, 0.4) is 0 Å². The van der Waals surface area contributed by atoms with Gasteiger partial charge in [0.15, 0.2) is 0 Å². The van der Waals surface area contributed by atoms with E-state index in [4.69, 9.17) is 58.6 Å². The van der Waals surface area contributed by atoms with Crippen molar-refractivity contribution < 1.29 is 0 Å². The zero-order valence-corrected chi connectivity index (χ0v) is 16.6. The molecule has 0 saturated heterocycles. The molecule has 0 aliphatic rings. The van der Waals surface area contributed by atoms with Gasteiger partial charge in [0.05, 0.1) is 20.1 Å². The Labute approximate surface area is 163 Å². The second kappa shape index (κ2) is 9.03. The summed E-state index contributed by atoms with van der Waals surface area (Å²) in [4.78, 5) is 0. The van der Waals surface area contributed by atoms with Crippen LogP contribution >= 0.6 is 82.1 Å². The number of benzene rings is 2. The normalized spacial score (nSPS) is 10.7. The van der Waals surface area contributed by atoms with Crippen molar-refractivity contribution in [3.63, 3.8) is 0 Å². The maximum atomic E-state index is 6.00. The Morgan fingerprint density at radius 3 is 1.50 bits per heavy atom. The fourth-order valence-corrected chi connectivity index (χ4v) is 4.19. The van der Waals surface area contributed by atoms with Crippen molar-refractivity contribution in [3.05, 3.63) is 67.6 Å². The summed E-state index contributed by atoms with van der Waals surface area (Å²) in [5, 5.41) is 2.25. The van der Waals surface area contributed by atoms with Gasteiger partial charge in [-0.05, 0) is 35.4 Å². The Kier molecular flexibility index (Phi) is 7.68. The standard InChI is InChI=1S/C15H10Cl4S3/c16-11-3-1-9(5-13(11)18)7-21-15(20)22-8-10-2-4-12(17)14(19)6-10/h1-6H,7-8H2. The van der Waals surface area contributed by atoms with Crippen molar-refractivity contribution in [1.29, 1.82) is 0 Å².